The summed E-state index contributed by atoms with van der Waals surface area (Å²) in [5.74, 6) is -0.00650. The van der Waals surface area contributed by atoms with Crippen LogP contribution >= 0.6 is 23.2 Å². The van der Waals surface area contributed by atoms with Gasteiger partial charge in [0.15, 0.2) is 10.6 Å². The van der Waals surface area contributed by atoms with Gasteiger partial charge in [0.05, 0.1) is 12.7 Å². The van der Waals surface area contributed by atoms with Gasteiger partial charge in [-0.2, -0.15) is 0 Å². The molecule has 0 bridgehead atoms. The van der Waals surface area contributed by atoms with Gasteiger partial charge in [-0.1, -0.05) is 23.2 Å². The topological polar surface area (TPSA) is 52.3 Å². The Morgan fingerprint density at radius 2 is 2.14 bits per heavy atom. The fraction of sp³-hybridized carbons (Fsp3) is 0.222. The summed E-state index contributed by atoms with van der Waals surface area (Å²) in [4.78, 5) is 10.4. The molecule has 3 nitrogen and oxygen atoms in total. The standard InChI is InChI=1S/C9H9Cl2NO2/c1-14-7-3-2-5(12)4-6(7)8(13)9(10)11/h2-4,9H,12H2,1H3. The van der Waals surface area contributed by atoms with Gasteiger partial charge >= 0.3 is 0 Å². The van der Waals surface area contributed by atoms with Crippen LogP contribution < -0.4 is 10.5 Å². The third-order valence-corrected chi connectivity index (χ3v) is 2.08. The highest BCUT2D eigenvalue weighted by atomic mass is 35.5. The molecule has 76 valence electrons. The second-order valence-corrected chi connectivity index (χ2v) is 3.72. The lowest BCUT2D eigenvalue weighted by Crippen LogP contribution is -2.10. The van der Waals surface area contributed by atoms with E-state index < -0.39 is 10.6 Å². The summed E-state index contributed by atoms with van der Waals surface area (Å²) < 4.78 is 4.98. The van der Waals surface area contributed by atoms with Crippen molar-refractivity contribution < 1.29 is 9.53 Å². The molecule has 2 N–H and O–H groups in total. The second-order valence-electron chi connectivity index (χ2n) is 2.62. The Labute approximate surface area is 91.7 Å². The Morgan fingerprint density at radius 1 is 1.50 bits per heavy atom. The first-order valence-electron chi connectivity index (χ1n) is 3.82. The van der Waals surface area contributed by atoms with Crippen LogP contribution in [-0.2, 0) is 0 Å². The van der Waals surface area contributed by atoms with Crippen molar-refractivity contribution in [3.8, 4) is 5.75 Å². The molecule has 0 spiro atoms. The number of nitrogen functional groups attached to an aromatic ring is 1. The fourth-order valence-electron chi connectivity index (χ4n) is 1.04. The molecular formula is C9H9Cl2NO2. The predicted molar refractivity (Wildman–Crippen MR) is 57.2 cm³/mol. The molecule has 0 aromatic heterocycles. The van der Waals surface area contributed by atoms with Crippen molar-refractivity contribution in [1.29, 1.82) is 0 Å². The maximum Gasteiger partial charge on any atom is 0.199 e. The first-order chi connectivity index (χ1) is 6.56. The number of Topliss-reactive ketones (excluding diaryl/α,β-unsaturated/α-hetero) is 1. The number of alkyl halides is 2. The monoisotopic (exact) mass is 233 g/mol. The summed E-state index contributed by atoms with van der Waals surface area (Å²) >= 11 is 10.9. The molecule has 1 aromatic rings. The first kappa shape index (κ1) is 11.1. The lowest BCUT2D eigenvalue weighted by atomic mass is 10.1. The summed E-state index contributed by atoms with van der Waals surface area (Å²) in [6.45, 7) is 0. The van der Waals surface area contributed by atoms with Crippen molar-refractivity contribution in [3.63, 3.8) is 0 Å². The van der Waals surface area contributed by atoms with Crippen molar-refractivity contribution >= 4 is 34.7 Å². The molecule has 0 heterocycles. The van der Waals surface area contributed by atoms with Crippen LogP contribution in [0.4, 0.5) is 5.69 Å². The van der Waals surface area contributed by atoms with Crippen LogP contribution in [0.3, 0.4) is 0 Å². The zero-order valence-corrected chi connectivity index (χ0v) is 8.97. The van der Waals surface area contributed by atoms with Gasteiger partial charge in [0.2, 0.25) is 0 Å². The maximum absolute atomic E-state index is 11.5. The van der Waals surface area contributed by atoms with Crippen molar-refractivity contribution in [2.24, 2.45) is 0 Å². The molecule has 0 radical (unpaired) electrons. The summed E-state index contributed by atoms with van der Waals surface area (Å²) in [7, 11) is 1.46. The highest BCUT2D eigenvalue weighted by Crippen LogP contribution is 2.24. The summed E-state index contributed by atoms with van der Waals surface area (Å²) in [5, 5.41) is 0. The van der Waals surface area contributed by atoms with E-state index in [2.05, 4.69) is 0 Å². The van der Waals surface area contributed by atoms with Gasteiger partial charge in [-0.3, -0.25) is 4.79 Å². The number of ketones is 1. The Bertz CT molecular complexity index is 353. The molecule has 0 saturated carbocycles. The molecule has 0 unspecified atom stereocenters. The van der Waals surface area contributed by atoms with E-state index in [1.807, 2.05) is 0 Å². The van der Waals surface area contributed by atoms with E-state index in [9.17, 15) is 4.79 Å². The number of carbonyl (C=O) groups excluding carboxylic acids is 1. The molecule has 0 aliphatic carbocycles. The van der Waals surface area contributed by atoms with Crippen LogP contribution in [0.2, 0.25) is 0 Å². The Balaban J connectivity index is 3.17. The SMILES string of the molecule is COc1ccc(N)cc1C(=O)C(Cl)Cl. The molecule has 5 heteroatoms. The van der Waals surface area contributed by atoms with E-state index in [-0.39, 0.29) is 0 Å². The molecule has 14 heavy (non-hydrogen) atoms. The Morgan fingerprint density at radius 3 is 2.64 bits per heavy atom. The van der Waals surface area contributed by atoms with Gasteiger partial charge in [-0.25, -0.2) is 0 Å². The van der Waals surface area contributed by atoms with E-state index in [0.717, 1.165) is 0 Å². The lowest BCUT2D eigenvalue weighted by molar-refractivity contribution is 0.100. The number of anilines is 1. The molecule has 0 saturated heterocycles. The van der Waals surface area contributed by atoms with Crippen molar-refractivity contribution in [1.82, 2.24) is 0 Å². The van der Waals surface area contributed by atoms with Gasteiger partial charge in [0.1, 0.15) is 5.75 Å². The van der Waals surface area contributed by atoms with Crippen LogP contribution in [0, 0.1) is 0 Å². The van der Waals surface area contributed by atoms with Crippen LogP contribution in [0.1, 0.15) is 10.4 Å². The fourth-order valence-corrected chi connectivity index (χ4v) is 1.27. The summed E-state index contributed by atoms with van der Waals surface area (Å²) in [6, 6.07) is 4.71. The van der Waals surface area contributed by atoms with Gasteiger partial charge < -0.3 is 10.5 Å². The van der Waals surface area contributed by atoms with Crippen molar-refractivity contribution in [2.75, 3.05) is 12.8 Å². The van der Waals surface area contributed by atoms with Crippen LogP contribution in [-0.4, -0.2) is 17.7 Å². The van der Waals surface area contributed by atoms with Crippen molar-refractivity contribution in [2.45, 2.75) is 4.84 Å². The normalized spacial score (nSPS) is 10.3. The number of methoxy groups -OCH3 is 1. The zero-order chi connectivity index (χ0) is 10.7. The maximum atomic E-state index is 11.5. The average molecular weight is 234 g/mol. The highest BCUT2D eigenvalue weighted by molar-refractivity contribution is 6.55. The van der Waals surface area contributed by atoms with E-state index >= 15 is 0 Å². The smallest absolute Gasteiger partial charge is 0.199 e. The van der Waals surface area contributed by atoms with Crippen LogP contribution in [0.5, 0.6) is 5.75 Å². The van der Waals surface area contributed by atoms with Gasteiger partial charge in [-0.05, 0) is 18.2 Å². The molecule has 0 aliphatic rings. The first-order valence-corrected chi connectivity index (χ1v) is 4.69. The minimum atomic E-state index is -1.11. The minimum Gasteiger partial charge on any atom is -0.496 e. The van der Waals surface area contributed by atoms with E-state index in [4.69, 9.17) is 33.7 Å². The number of benzene rings is 1. The number of rotatable bonds is 3. The third kappa shape index (κ3) is 2.30. The largest absolute Gasteiger partial charge is 0.496 e. The molecule has 0 atom stereocenters. The molecule has 1 rings (SSSR count). The summed E-state index contributed by atoms with van der Waals surface area (Å²) in [5.41, 5.74) is 6.28. The number of ether oxygens (including phenoxy) is 1. The molecular weight excluding hydrogens is 225 g/mol. The molecule has 0 amide bonds. The number of carbonyl (C=O) groups is 1. The van der Waals surface area contributed by atoms with E-state index in [1.54, 1.807) is 12.1 Å². The summed E-state index contributed by atoms with van der Waals surface area (Å²) in [6.07, 6.45) is 0. The molecule has 1 aromatic carbocycles. The third-order valence-electron chi connectivity index (χ3n) is 1.69. The molecule has 0 fully saturated rings. The van der Waals surface area contributed by atoms with Crippen LogP contribution in [0.15, 0.2) is 18.2 Å². The van der Waals surface area contributed by atoms with Crippen molar-refractivity contribution in [3.05, 3.63) is 23.8 Å². The highest BCUT2D eigenvalue weighted by Gasteiger charge is 2.18. The minimum absolute atomic E-state index is 0.294. The van der Waals surface area contributed by atoms with Gasteiger partial charge in [0, 0.05) is 5.69 Å². The average Bonchev–Trinajstić information content (AvgIpc) is 2.16. The van der Waals surface area contributed by atoms with E-state index in [0.29, 0.717) is 17.0 Å². The number of halogens is 2. The van der Waals surface area contributed by atoms with Crippen LogP contribution in [0.25, 0.3) is 0 Å². The molecule has 0 aliphatic heterocycles. The van der Waals surface area contributed by atoms with E-state index in [1.165, 1.54) is 13.2 Å². The zero-order valence-electron chi connectivity index (χ0n) is 7.46. The second kappa shape index (κ2) is 4.53. The quantitative estimate of drug-likeness (QED) is 0.495. The van der Waals surface area contributed by atoms with Gasteiger partial charge in [0.25, 0.3) is 0 Å². The lowest BCUT2D eigenvalue weighted by Gasteiger charge is -2.08. The van der Waals surface area contributed by atoms with Gasteiger partial charge in [-0.15, -0.1) is 0 Å². The Kier molecular flexibility index (Phi) is 3.61. The number of nitrogens with two attached hydrogens (primary N) is 1. The number of hydrogen-bond donors (Lipinski definition) is 1. The predicted octanol–water partition coefficient (Wildman–Crippen LogP) is 2.26. The number of hydrogen-bond acceptors (Lipinski definition) is 3. The Hall–Kier alpha value is -0.930.